The van der Waals surface area contributed by atoms with Crippen LogP contribution in [0.3, 0.4) is 0 Å². The number of hydrogen-bond donors (Lipinski definition) is 1. The van der Waals surface area contributed by atoms with E-state index in [0.717, 1.165) is 23.3 Å². The normalized spacial score (nSPS) is 53.4. The van der Waals surface area contributed by atoms with E-state index in [1.54, 1.807) is 0 Å². The Balaban J connectivity index is 2.09. The largest absolute Gasteiger partial charge is 0.380 e. The summed E-state index contributed by atoms with van der Waals surface area (Å²) < 4.78 is -0.366. The number of aliphatic hydroxyl groups is 1. The van der Waals surface area contributed by atoms with Crippen LogP contribution in [0, 0.1) is 0 Å². The third-order valence-corrected chi connectivity index (χ3v) is 4.73. The van der Waals surface area contributed by atoms with E-state index in [1.165, 1.54) is 12.8 Å². The SMILES string of the molecule is OC1(I)C[C@H]2CC[C@@H](C1)S2. The summed E-state index contributed by atoms with van der Waals surface area (Å²) in [5.41, 5.74) is 0. The second-order valence-corrected chi connectivity index (χ2v) is 6.90. The van der Waals surface area contributed by atoms with E-state index >= 15 is 0 Å². The lowest BCUT2D eigenvalue weighted by Crippen LogP contribution is -2.30. The molecule has 2 fully saturated rings. The first kappa shape index (κ1) is 7.68. The minimum atomic E-state index is -0.366. The van der Waals surface area contributed by atoms with E-state index in [9.17, 15) is 5.11 Å². The minimum Gasteiger partial charge on any atom is -0.380 e. The fraction of sp³-hybridized carbons (Fsp3) is 1.00. The molecule has 2 rings (SSSR count). The van der Waals surface area contributed by atoms with Gasteiger partial charge >= 0.3 is 0 Å². The maximum Gasteiger partial charge on any atom is 0.117 e. The Morgan fingerprint density at radius 1 is 1.30 bits per heavy atom. The Kier molecular flexibility index (Phi) is 1.94. The van der Waals surface area contributed by atoms with Gasteiger partial charge in [-0.3, -0.25) is 0 Å². The number of rotatable bonds is 0. The predicted octanol–water partition coefficient (Wildman–Crippen LogP) is 2.17. The number of fused-ring (bicyclic) bond motifs is 2. The van der Waals surface area contributed by atoms with Gasteiger partial charge in [-0.05, 0) is 48.3 Å². The summed E-state index contributed by atoms with van der Waals surface area (Å²) in [4.78, 5) is 0. The van der Waals surface area contributed by atoms with Crippen LogP contribution < -0.4 is 0 Å². The summed E-state index contributed by atoms with van der Waals surface area (Å²) in [5.74, 6) is 0. The van der Waals surface area contributed by atoms with E-state index in [2.05, 4.69) is 34.4 Å². The van der Waals surface area contributed by atoms with Crippen LogP contribution in [0.4, 0.5) is 0 Å². The molecule has 3 atom stereocenters. The van der Waals surface area contributed by atoms with Gasteiger partial charge in [-0.25, -0.2) is 0 Å². The summed E-state index contributed by atoms with van der Waals surface area (Å²) in [6.07, 6.45) is 4.69. The molecule has 0 amide bonds. The van der Waals surface area contributed by atoms with Crippen LogP contribution in [-0.2, 0) is 0 Å². The molecule has 58 valence electrons. The van der Waals surface area contributed by atoms with Gasteiger partial charge in [-0.15, -0.1) is 0 Å². The van der Waals surface area contributed by atoms with Crippen molar-refractivity contribution in [3.8, 4) is 0 Å². The van der Waals surface area contributed by atoms with Gasteiger partial charge in [0, 0.05) is 10.5 Å². The fourth-order valence-corrected chi connectivity index (χ4v) is 5.35. The summed E-state index contributed by atoms with van der Waals surface area (Å²) >= 11 is 4.29. The highest BCUT2D eigenvalue weighted by Gasteiger charge is 2.41. The standard InChI is InChI=1S/C7H11IOS/c8-7(9)3-5-1-2-6(4-7)10-5/h5-6,9H,1-4H2/t5-,6+,7?. The van der Waals surface area contributed by atoms with E-state index < -0.39 is 0 Å². The van der Waals surface area contributed by atoms with Crippen LogP contribution >= 0.6 is 34.4 Å². The monoisotopic (exact) mass is 270 g/mol. The molecule has 2 saturated heterocycles. The van der Waals surface area contributed by atoms with Gasteiger partial charge in [-0.1, -0.05) is 0 Å². The molecule has 0 saturated carbocycles. The highest BCUT2D eigenvalue weighted by Crippen LogP contribution is 2.49. The van der Waals surface area contributed by atoms with Crippen LogP contribution in [0.25, 0.3) is 0 Å². The number of hydrogen-bond acceptors (Lipinski definition) is 2. The van der Waals surface area contributed by atoms with Crippen molar-refractivity contribution in [3.63, 3.8) is 0 Å². The predicted molar refractivity (Wildman–Crippen MR) is 52.6 cm³/mol. The fourth-order valence-electron chi connectivity index (χ4n) is 1.86. The van der Waals surface area contributed by atoms with Gasteiger partial charge in [0.25, 0.3) is 0 Å². The molecular weight excluding hydrogens is 259 g/mol. The molecule has 3 heteroatoms. The average molecular weight is 270 g/mol. The van der Waals surface area contributed by atoms with Crippen LogP contribution in [0.5, 0.6) is 0 Å². The second-order valence-electron chi connectivity index (χ2n) is 3.28. The van der Waals surface area contributed by atoms with Gasteiger partial charge in [-0.2, -0.15) is 11.8 Å². The molecule has 0 spiro atoms. The maximum atomic E-state index is 9.73. The first-order valence-corrected chi connectivity index (χ1v) is 5.75. The summed E-state index contributed by atoms with van der Waals surface area (Å²) in [5, 5.41) is 11.3. The van der Waals surface area contributed by atoms with Gasteiger partial charge < -0.3 is 5.11 Å². The van der Waals surface area contributed by atoms with E-state index in [4.69, 9.17) is 0 Å². The van der Waals surface area contributed by atoms with Crippen molar-refractivity contribution in [2.75, 3.05) is 0 Å². The topological polar surface area (TPSA) is 20.2 Å². The molecule has 1 N–H and O–H groups in total. The molecule has 2 bridgehead atoms. The molecule has 1 nitrogen and oxygen atoms in total. The average Bonchev–Trinajstić information content (AvgIpc) is 2.08. The first-order valence-electron chi connectivity index (χ1n) is 3.72. The smallest absolute Gasteiger partial charge is 0.117 e. The zero-order valence-corrected chi connectivity index (χ0v) is 8.69. The van der Waals surface area contributed by atoms with Crippen molar-refractivity contribution in [3.05, 3.63) is 0 Å². The Hall–Kier alpha value is 1.04. The van der Waals surface area contributed by atoms with Crippen molar-refractivity contribution < 1.29 is 5.11 Å². The van der Waals surface area contributed by atoms with Crippen LogP contribution in [-0.4, -0.2) is 19.2 Å². The molecule has 0 aromatic carbocycles. The lowest BCUT2D eigenvalue weighted by atomic mass is 10.1. The molecule has 0 aliphatic carbocycles. The van der Waals surface area contributed by atoms with Crippen LogP contribution in [0.1, 0.15) is 25.7 Å². The van der Waals surface area contributed by atoms with Gasteiger partial charge in [0.2, 0.25) is 0 Å². The lowest BCUT2D eigenvalue weighted by molar-refractivity contribution is 0.137. The zero-order valence-electron chi connectivity index (χ0n) is 5.72. The third-order valence-electron chi connectivity index (χ3n) is 2.28. The number of halogens is 1. The third kappa shape index (κ3) is 1.46. The van der Waals surface area contributed by atoms with Gasteiger partial charge in [0.1, 0.15) is 3.61 Å². The minimum absolute atomic E-state index is 0.366. The van der Waals surface area contributed by atoms with E-state index in [-0.39, 0.29) is 3.61 Å². The molecule has 1 unspecified atom stereocenters. The van der Waals surface area contributed by atoms with Gasteiger partial charge in [0.15, 0.2) is 0 Å². The first-order chi connectivity index (χ1) is 4.66. The molecule has 0 radical (unpaired) electrons. The van der Waals surface area contributed by atoms with E-state index in [0.29, 0.717) is 0 Å². The second kappa shape index (κ2) is 2.52. The molecule has 10 heavy (non-hydrogen) atoms. The summed E-state index contributed by atoms with van der Waals surface area (Å²) in [7, 11) is 0. The Morgan fingerprint density at radius 3 is 2.30 bits per heavy atom. The summed E-state index contributed by atoms with van der Waals surface area (Å²) in [6.45, 7) is 0. The Morgan fingerprint density at radius 2 is 1.80 bits per heavy atom. The molecular formula is C7H11IOS. The molecule has 2 heterocycles. The number of thioether (sulfide) groups is 1. The van der Waals surface area contributed by atoms with Gasteiger partial charge in [0.05, 0.1) is 0 Å². The van der Waals surface area contributed by atoms with Crippen molar-refractivity contribution in [1.82, 2.24) is 0 Å². The quantitative estimate of drug-likeness (QED) is 0.537. The molecule has 0 aromatic heterocycles. The van der Waals surface area contributed by atoms with Crippen molar-refractivity contribution in [2.45, 2.75) is 39.8 Å². The van der Waals surface area contributed by atoms with Crippen molar-refractivity contribution >= 4 is 34.4 Å². The zero-order chi connectivity index (χ0) is 7.19. The number of alkyl halides is 1. The summed E-state index contributed by atoms with van der Waals surface area (Å²) in [6, 6.07) is 0. The maximum absolute atomic E-state index is 9.73. The van der Waals surface area contributed by atoms with Crippen molar-refractivity contribution in [2.24, 2.45) is 0 Å². The molecule has 2 aliphatic heterocycles. The Bertz CT molecular complexity index is 135. The van der Waals surface area contributed by atoms with E-state index in [1.807, 2.05) is 0 Å². The van der Waals surface area contributed by atoms with Crippen LogP contribution in [0.15, 0.2) is 0 Å². The highest BCUT2D eigenvalue weighted by atomic mass is 127. The van der Waals surface area contributed by atoms with Crippen molar-refractivity contribution in [1.29, 1.82) is 0 Å². The highest BCUT2D eigenvalue weighted by molar-refractivity contribution is 14.1. The molecule has 2 aliphatic rings. The van der Waals surface area contributed by atoms with Crippen LogP contribution in [0.2, 0.25) is 0 Å². The molecule has 0 aromatic rings. The Labute approximate surface area is 79.1 Å². The lowest BCUT2D eigenvalue weighted by Gasteiger charge is -2.30.